The molecule has 0 bridgehead atoms. The van der Waals surface area contributed by atoms with Crippen molar-refractivity contribution >= 4 is 21.9 Å². The summed E-state index contributed by atoms with van der Waals surface area (Å²) < 4.78 is 55.2. The number of nitrogens with zero attached hydrogens (tertiary/aromatic N) is 2. The van der Waals surface area contributed by atoms with Gasteiger partial charge in [-0.25, -0.2) is 0 Å². The number of rotatable bonds is 5. The Kier molecular flexibility index (Phi) is 5.12. The first-order chi connectivity index (χ1) is 22.2. The van der Waals surface area contributed by atoms with Crippen LogP contribution in [0.3, 0.4) is 0 Å². The third kappa shape index (κ3) is 4.50. The summed E-state index contributed by atoms with van der Waals surface area (Å²) >= 11 is 0. The third-order valence-corrected chi connectivity index (χ3v) is 7.83. The van der Waals surface area contributed by atoms with Crippen LogP contribution in [0.25, 0.3) is 55.4 Å². The quantitative estimate of drug-likeness (QED) is 0.218. The van der Waals surface area contributed by atoms with Crippen molar-refractivity contribution < 1.29 is 12.6 Å². The van der Waals surface area contributed by atoms with Gasteiger partial charge >= 0.3 is 0 Å². The molecule has 3 nitrogen and oxygen atoms in total. The van der Waals surface area contributed by atoms with Crippen LogP contribution in [0.5, 0.6) is 0 Å². The lowest BCUT2D eigenvalue weighted by atomic mass is 9.84. The molecule has 0 aliphatic carbocycles. The molecule has 0 fully saturated rings. The van der Waals surface area contributed by atoms with Gasteiger partial charge in [0.2, 0.25) is 0 Å². The fourth-order valence-corrected chi connectivity index (χ4v) is 5.71. The van der Waals surface area contributed by atoms with Gasteiger partial charge in [-0.15, -0.1) is 0 Å². The number of furan rings is 1. The summed E-state index contributed by atoms with van der Waals surface area (Å²) in [5.74, 6) is 0.750. The van der Waals surface area contributed by atoms with Crippen LogP contribution >= 0.6 is 0 Å². The van der Waals surface area contributed by atoms with Crippen molar-refractivity contribution in [2.45, 2.75) is 53.2 Å². The lowest BCUT2D eigenvalue weighted by Crippen LogP contribution is -1.99. The van der Waals surface area contributed by atoms with Crippen molar-refractivity contribution in [2.75, 3.05) is 0 Å². The van der Waals surface area contributed by atoms with E-state index < -0.39 is 13.7 Å². The van der Waals surface area contributed by atoms with Crippen LogP contribution in [-0.4, -0.2) is 4.98 Å². The molecular weight excluding hydrogens is 500 g/mol. The smallest absolute Gasteiger partial charge is 0.145 e. The number of pyridine rings is 1. The van der Waals surface area contributed by atoms with E-state index in [1.54, 1.807) is 18.3 Å². The summed E-state index contributed by atoms with van der Waals surface area (Å²) in [6.07, 6.45) is 1.69. The molecule has 0 radical (unpaired) electrons. The zero-order valence-electron chi connectivity index (χ0n) is 29.5. The molecule has 0 saturated carbocycles. The first-order valence-electron chi connectivity index (χ1n) is 16.8. The molecule has 0 aliphatic heterocycles. The molecule has 6 rings (SSSR count). The highest BCUT2D eigenvalue weighted by Crippen LogP contribution is 2.40. The second kappa shape index (κ2) is 10.4. The van der Waals surface area contributed by atoms with E-state index in [0.29, 0.717) is 28.5 Å². The van der Waals surface area contributed by atoms with Gasteiger partial charge in [-0.3, -0.25) is 4.98 Å². The van der Waals surface area contributed by atoms with Crippen LogP contribution in [0.2, 0.25) is 0 Å². The Labute approximate surface area is 250 Å². The maximum absolute atomic E-state index is 9.69. The lowest BCUT2D eigenvalue weighted by molar-refractivity contribution is 0.666. The molecule has 0 unspecified atom stereocenters. The number of benzene rings is 4. The Morgan fingerprint density at radius 1 is 0.780 bits per heavy atom. The minimum Gasteiger partial charge on any atom is -0.455 e. The standard InChI is InChI=1S/C38H34N2O/c1-22(2)30-8-7-9-31(23(3)4)36(30)27-13-11-26(12-14-27)28-18-19-40-34(20-28)32-16-10-24(5)35-33-17-15-29(21-39)25(6)37(33)41-38(32)35/h7-20,22-23H,1-6H3/i5D3,6D3. The van der Waals surface area contributed by atoms with E-state index in [-0.39, 0.29) is 33.2 Å². The second-order valence-electron chi connectivity index (χ2n) is 11.1. The van der Waals surface area contributed by atoms with Gasteiger partial charge in [-0.05, 0) is 94.8 Å². The second-order valence-corrected chi connectivity index (χ2v) is 11.1. The highest BCUT2D eigenvalue weighted by Gasteiger charge is 2.19. The van der Waals surface area contributed by atoms with Crippen LogP contribution < -0.4 is 0 Å². The van der Waals surface area contributed by atoms with Crippen molar-refractivity contribution in [1.29, 1.82) is 5.26 Å². The maximum Gasteiger partial charge on any atom is 0.145 e. The van der Waals surface area contributed by atoms with Crippen molar-refractivity contribution in [3.05, 3.63) is 113 Å². The SMILES string of the molecule is [2H]C([2H])([2H])c1c(C#N)ccc2c1oc1c(-c3cc(-c4ccc(-c5c(C(C)C)cccc5C(C)C)cc4)ccn3)ccc(C([2H])([2H])[2H])c12. The van der Waals surface area contributed by atoms with E-state index in [0.717, 1.165) is 16.7 Å². The summed E-state index contributed by atoms with van der Waals surface area (Å²) in [5.41, 5.74) is 7.93. The minimum atomic E-state index is -2.66. The number of aromatic nitrogens is 1. The lowest BCUT2D eigenvalue weighted by Gasteiger charge is -2.20. The molecule has 0 saturated heterocycles. The summed E-state index contributed by atoms with van der Waals surface area (Å²) in [4.78, 5) is 4.62. The Hall–Kier alpha value is -4.68. The van der Waals surface area contributed by atoms with Gasteiger partial charge in [-0.2, -0.15) is 5.26 Å². The van der Waals surface area contributed by atoms with Crippen molar-refractivity contribution in [3.8, 4) is 39.6 Å². The van der Waals surface area contributed by atoms with Gasteiger partial charge in [0.05, 0.1) is 17.3 Å². The fourth-order valence-electron chi connectivity index (χ4n) is 5.71. The van der Waals surface area contributed by atoms with E-state index in [1.807, 2.05) is 18.2 Å². The normalized spacial score (nSPS) is 14.4. The summed E-state index contributed by atoms with van der Waals surface area (Å²) in [5, 5.41) is 10.3. The van der Waals surface area contributed by atoms with Crippen molar-refractivity contribution in [3.63, 3.8) is 0 Å². The van der Waals surface area contributed by atoms with Gasteiger partial charge < -0.3 is 4.42 Å². The van der Waals surface area contributed by atoms with E-state index in [2.05, 4.69) is 75.1 Å². The molecule has 0 aliphatic rings. The molecule has 2 heterocycles. The number of nitriles is 1. The van der Waals surface area contributed by atoms with Gasteiger partial charge in [-0.1, -0.05) is 76.2 Å². The van der Waals surface area contributed by atoms with Gasteiger partial charge in [0.25, 0.3) is 0 Å². The largest absolute Gasteiger partial charge is 0.455 e. The molecule has 0 spiro atoms. The first kappa shape index (κ1) is 20.2. The van der Waals surface area contributed by atoms with E-state index in [9.17, 15) is 5.26 Å². The summed E-state index contributed by atoms with van der Waals surface area (Å²) in [7, 11) is 0. The highest BCUT2D eigenvalue weighted by atomic mass is 16.3. The van der Waals surface area contributed by atoms with Crippen LogP contribution in [0.1, 0.15) is 75.6 Å². The van der Waals surface area contributed by atoms with E-state index >= 15 is 0 Å². The molecule has 0 amide bonds. The number of hydrogen-bond acceptors (Lipinski definition) is 3. The van der Waals surface area contributed by atoms with Gasteiger partial charge in [0.1, 0.15) is 11.2 Å². The Morgan fingerprint density at radius 2 is 1.51 bits per heavy atom. The molecule has 6 aromatic rings. The Balaban J connectivity index is 1.51. The van der Waals surface area contributed by atoms with Crippen LogP contribution in [0.4, 0.5) is 0 Å². The van der Waals surface area contributed by atoms with Crippen molar-refractivity contribution in [1.82, 2.24) is 4.98 Å². The predicted molar refractivity (Wildman–Crippen MR) is 170 cm³/mol. The molecule has 41 heavy (non-hydrogen) atoms. The summed E-state index contributed by atoms with van der Waals surface area (Å²) in [6, 6.07) is 26.9. The molecule has 3 heteroatoms. The molecule has 0 N–H and O–H groups in total. The Morgan fingerprint density at radius 3 is 2.17 bits per heavy atom. The summed E-state index contributed by atoms with van der Waals surface area (Å²) in [6.45, 7) is 3.70. The molecule has 0 atom stereocenters. The van der Waals surface area contributed by atoms with Gasteiger partial charge in [0, 0.05) is 36.3 Å². The third-order valence-electron chi connectivity index (χ3n) is 7.83. The average Bonchev–Trinajstić information content (AvgIpc) is 3.41. The highest BCUT2D eigenvalue weighted by molar-refractivity contribution is 6.12. The maximum atomic E-state index is 9.69. The topological polar surface area (TPSA) is 49.8 Å². The van der Waals surface area contributed by atoms with Gasteiger partial charge in [0.15, 0.2) is 0 Å². The predicted octanol–water partition coefficient (Wildman–Crippen LogP) is 10.7. The molecule has 2 aromatic heterocycles. The first-order valence-corrected chi connectivity index (χ1v) is 13.8. The monoisotopic (exact) mass is 540 g/mol. The minimum absolute atomic E-state index is 0.0220. The number of fused-ring (bicyclic) bond motifs is 3. The van der Waals surface area contributed by atoms with Crippen molar-refractivity contribution in [2.24, 2.45) is 0 Å². The fraction of sp³-hybridized carbons (Fsp3) is 0.211. The van der Waals surface area contributed by atoms with Crippen LogP contribution in [0.15, 0.2) is 89.5 Å². The zero-order chi connectivity index (χ0) is 33.8. The van der Waals surface area contributed by atoms with E-state index in [4.69, 9.17) is 12.6 Å². The zero-order valence-corrected chi connectivity index (χ0v) is 23.5. The Bertz CT molecular complexity index is 2160. The average molecular weight is 541 g/mol. The number of aryl methyl sites for hydroxylation is 2. The van der Waals surface area contributed by atoms with Crippen LogP contribution in [-0.2, 0) is 0 Å². The van der Waals surface area contributed by atoms with E-state index in [1.165, 1.54) is 28.8 Å². The molecule has 202 valence electrons. The molecular formula is C38H34N2O. The van der Waals surface area contributed by atoms with Crippen LogP contribution in [0, 0.1) is 25.0 Å². The molecule has 4 aromatic carbocycles. The number of hydrogen-bond donors (Lipinski definition) is 0.